The summed E-state index contributed by atoms with van der Waals surface area (Å²) in [4.78, 5) is 29.5. The molecule has 0 unspecified atom stereocenters. The lowest BCUT2D eigenvalue weighted by atomic mass is 9.84. The van der Waals surface area contributed by atoms with Gasteiger partial charge in [-0.15, -0.1) is 12.6 Å². The number of thiol groups is 1. The zero-order valence-corrected chi connectivity index (χ0v) is 18.4. The summed E-state index contributed by atoms with van der Waals surface area (Å²) in [5, 5.41) is 0.924. The van der Waals surface area contributed by atoms with Gasteiger partial charge in [0, 0.05) is 34.8 Å². The van der Waals surface area contributed by atoms with E-state index in [0.717, 1.165) is 32.5 Å². The van der Waals surface area contributed by atoms with Gasteiger partial charge in [-0.1, -0.05) is 32.9 Å². The van der Waals surface area contributed by atoms with Gasteiger partial charge in [0.1, 0.15) is 0 Å². The molecule has 0 atom stereocenters. The smallest absolute Gasteiger partial charge is 0.258 e. The van der Waals surface area contributed by atoms with Gasteiger partial charge >= 0.3 is 0 Å². The number of aromatic amines is 1. The van der Waals surface area contributed by atoms with E-state index in [-0.39, 0.29) is 16.5 Å². The quantitative estimate of drug-likeness (QED) is 0.444. The van der Waals surface area contributed by atoms with Gasteiger partial charge in [-0.25, -0.2) is 0 Å². The van der Waals surface area contributed by atoms with Gasteiger partial charge in [-0.2, -0.15) is 0 Å². The van der Waals surface area contributed by atoms with E-state index in [1.165, 1.54) is 0 Å². The standard InChI is InChI=1S/C25H24N2O2S/c1-25(2,3)17-12-16-13-20(15-7-9-18(30)10-8-15)24(29)27(4)22(16)21(14-17)19-6-5-11-26-23(19)28/h5-14,30H,1-4H3,(H,26,28). The van der Waals surface area contributed by atoms with Gasteiger partial charge in [0.05, 0.1) is 5.52 Å². The van der Waals surface area contributed by atoms with Crippen LogP contribution in [0.1, 0.15) is 26.3 Å². The fourth-order valence-electron chi connectivity index (χ4n) is 3.76. The number of benzene rings is 2. The van der Waals surface area contributed by atoms with Gasteiger partial charge in [0.25, 0.3) is 11.1 Å². The molecule has 0 saturated heterocycles. The van der Waals surface area contributed by atoms with Crippen LogP contribution in [0.2, 0.25) is 0 Å². The number of nitrogens with one attached hydrogen (secondary N) is 1. The maximum atomic E-state index is 13.3. The van der Waals surface area contributed by atoms with Crippen molar-refractivity contribution in [3.63, 3.8) is 0 Å². The minimum Gasteiger partial charge on any atom is -0.329 e. The van der Waals surface area contributed by atoms with E-state index in [9.17, 15) is 9.59 Å². The number of rotatable bonds is 2. The maximum Gasteiger partial charge on any atom is 0.258 e. The number of fused-ring (bicyclic) bond motifs is 1. The Labute approximate surface area is 180 Å². The monoisotopic (exact) mass is 416 g/mol. The molecule has 4 aromatic rings. The van der Waals surface area contributed by atoms with Crippen LogP contribution in [-0.4, -0.2) is 9.55 Å². The lowest BCUT2D eigenvalue weighted by Crippen LogP contribution is -2.21. The Balaban J connectivity index is 2.13. The van der Waals surface area contributed by atoms with E-state index in [4.69, 9.17) is 0 Å². The van der Waals surface area contributed by atoms with Crippen molar-refractivity contribution in [2.45, 2.75) is 31.1 Å². The second-order valence-corrected chi connectivity index (χ2v) is 9.11. The van der Waals surface area contributed by atoms with E-state index in [2.05, 4.69) is 44.5 Å². The van der Waals surface area contributed by atoms with E-state index in [1.54, 1.807) is 29.9 Å². The van der Waals surface area contributed by atoms with Crippen molar-refractivity contribution in [1.29, 1.82) is 0 Å². The van der Waals surface area contributed by atoms with E-state index in [1.807, 2.05) is 36.4 Å². The number of nitrogens with zero attached hydrogens (tertiary/aromatic N) is 1. The first-order valence-electron chi connectivity index (χ1n) is 9.82. The lowest BCUT2D eigenvalue weighted by Gasteiger charge is -2.22. The number of aryl methyl sites for hydroxylation is 1. The second kappa shape index (κ2) is 7.33. The first kappa shape index (κ1) is 20.2. The molecule has 0 aliphatic heterocycles. The van der Waals surface area contributed by atoms with E-state index in [0.29, 0.717) is 11.1 Å². The summed E-state index contributed by atoms with van der Waals surface area (Å²) in [6, 6.07) is 17.2. The Kier molecular flexibility index (Phi) is 4.94. The molecule has 0 aliphatic rings. The second-order valence-electron chi connectivity index (χ2n) is 8.59. The van der Waals surface area contributed by atoms with Crippen LogP contribution in [0.4, 0.5) is 0 Å². The lowest BCUT2D eigenvalue weighted by molar-refractivity contribution is 0.591. The van der Waals surface area contributed by atoms with Crippen molar-refractivity contribution in [3.05, 3.63) is 87.1 Å². The third-order valence-electron chi connectivity index (χ3n) is 5.46. The van der Waals surface area contributed by atoms with Crippen LogP contribution < -0.4 is 11.1 Å². The largest absolute Gasteiger partial charge is 0.329 e. The van der Waals surface area contributed by atoms with Gasteiger partial charge < -0.3 is 9.55 Å². The average Bonchev–Trinajstić information content (AvgIpc) is 2.70. The highest BCUT2D eigenvalue weighted by atomic mass is 32.1. The third-order valence-corrected chi connectivity index (χ3v) is 5.76. The van der Waals surface area contributed by atoms with Crippen molar-refractivity contribution in [3.8, 4) is 22.3 Å². The molecule has 2 aromatic carbocycles. The molecule has 0 saturated carbocycles. The third kappa shape index (κ3) is 3.50. The summed E-state index contributed by atoms with van der Waals surface area (Å²) in [5.74, 6) is 0. The highest BCUT2D eigenvalue weighted by Crippen LogP contribution is 2.34. The zero-order chi connectivity index (χ0) is 21.6. The summed E-state index contributed by atoms with van der Waals surface area (Å²) in [7, 11) is 1.76. The highest BCUT2D eigenvalue weighted by Gasteiger charge is 2.20. The Bertz CT molecular complexity index is 1370. The molecule has 2 heterocycles. The topological polar surface area (TPSA) is 54.9 Å². The number of pyridine rings is 2. The molecule has 0 spiro atoms. The summed E-state index contributed by atoms with van der Waals surface area (Å²) < 4.78 is 1.65. The van der Waals surface area contributed by atoms with Crippen molar-refractivity contribution >= 4 is 23.5 Å². The summed E-state index contributed by atoms with van der Waals surface area (Å²) in [6.07, 6.45) is 1.61. The fourth-order valence-corrected chi connectivity index (χ4v) is 3.91. The summed E-state index contributed by atoms with van der Waals surface area (Å²) >= 11 is 4.34. The van der Waals surface area contributed by atoms with Crippen molar-refractivity contribution in [2.75, 3.05) is 0 Å². The van der Waals surface area contributed by atoms with E-state index >= 15 is 0 Å². The average molecular weight is 417 g/mol. The molecule has 1 N–H and O–H groups in total. The van der Waals surface area contributed by atoms with Crippen LogP contribution in [0, 0.1) is 0 Å². The number of hydrogen-bond acceptors (Lipinski definition) is 3. The van der Waals surface area contributed by atoms with Crippen LogP contribution >= 0.6 is 12.6 Å². The zero-order valence-electron chi connectivity index (χ0n) is 17.5. The predicted octanol–water partition coefficient (Wildman–Crippen LogP) is 5.15. The molecule has 152 valence electrons. The van der Waals surface area contributed by atoms with Crippen LogP contribution in [-0.2, 0) is 12.5 Å². The molecule has 2 aromatic heterocycles. The number of hydrogen-bond donors (Lipinski definition) is 2. The molecule has 0 fully saturated rings. The van der Waals surface area contributed by atoms with Crippen molar-refractivity contribution in [1.82, 2.24) is 9.55 Å². The minimum atomic E-state index is -0.175. The Morgan fingerprint density at radius 1 is 0.900 bits per heavy atom. The SMILES string of the molecule is Cn1c(=O)c(-c2ccc(S)cc2)cc2cc(C(C)(C)C)cc(-c3ccc[nH]c3=O)c21. The summed E-state index contributed by atoms with van der Waals surface area (Å²) in [6.45, 7) is 6.42. The van der Waals surface area contributed by atoms with Gasteiger partial charge in [-0.05, 0) is 64.4 Å². The Hall–Kier alpha value is -3.05. The number of aromatic nitrogens is 2. The van der Waals surface area contributed by atoms with Crippen LogP contribution in [0.5, 0.6) is 0 Å². The molecule has 0 radical (unpaired) electrons. The van der Waals surface area contributed by atoms with Gasteiger partial charge in [0.15, 0.2) is 0 Å². The molecule has 0 aliphatic carbocycles. The van der Waals surface area contributed by atoms with Crippen LogP contribution in [0.25, 0.3) is 33.2 Å². The minimum absolute atomic E-state index is 0.105. The first-order chi connectivity index (χ1) is 14.2. The molecular formula is C25H24N2O2S. The summed E-state index contributed by atoms with van der Waals surface area (Å²) in [5.41, 5.74) is 4.23. The first-order valence-corrected chi connectivity index (χ1v) is 10.3. The molecule has 0 bridgehead atoms. The maximum absolute atomic E-state index is 13.3. The Morgan fingerprint density at radius 3 is 2.23 bits per heavy atom. The van der Waals surface area contributed by atoms with Gasteiger partial charge in [0.2, 0.25) is 0 Å². The Morgan fingerprint density at radius 2 is 1.60 bits per heavy atom. The van der Waals surface area contributed by atoms with Crippen LogP contribution in [0.3, 0.4) is 0 Å². The van der Waals surface area contributed by atoms with Crippen LogP contribution in [0.15, 0.2) is 75.3 Å². The highest BCUT2D eigenvalue weighted by molar-refractivity contribution is 7.80. The molecule has 30 heavy (non-hydrogen) atoms. The normalized spacial score (nSPS) is 11.8. The van der Waals surface area contributed by atoms with E-state index < -0.39 is 0 Å². The fraction of sp³-hybridized carbons (Fsp3) is 0.200. The number of H-pyrrole nitrogens is 1. The molecule has 5 heteroatoms. The molecule has 0 amide bonds. The molecule has 4 rings (SSSR count). The van der Waals surface area contributed by atoms with Crippen molar-refractivity contribution < 1.29 is 0 Å². The van der Waals surface area contributed by atoms with Gasteiger partial charge in [-0.3, -0.25) is 9.59 Å². The predicted molar refractivity (Wildman–Crippen MR) is 127 cm³/mol. The molecule has 4 nitrogen and oxygen atoms in total. The molecular weight excluding hydrogens is 392 g/mol. The van der Waals surface area contributed by atoms with Crippen molar-refractivity contribution in [2.24, 2.45) is 7.05 Å².